The summed E-state index contributed by atoms with van der Waals surface area (Å²) in [5.41, 5.74) is -1.12. The minimum absolute atomic E-state index is 0.190. The van der Waals surface area contributed by atoms with Crippen LogP contribution >= 0.6 is 0 Å². The smallest absolute Gasteiger partial charge is 0.302 e. The van der Waals surface area contributed by atoms with Crippen molar-refractivity contribution in [3.05, 3.63) is 0 Å². The highest BCUT2D eigenvalue weighted by Gasteiger charge is 2.67. The zero-order valence-electron chi connectivity index (χ0n) is 22.3. The van der Waals surface area contributed by atoms with E-state index in [2.05, 4.69) is 27.7 Å². The monoisotopic (exact) mass is 478 g/mol. The van der Waals surface area contributed by atoms with Crippen LogP contribution in [0.3, 0.4) is 0 Å². The summed E-state index contributed by atoms with van der Waals surface area (Å²) >= 11 is 0. The van der Waals surface area contributed by atoms with Crippen LogP contribution in [0, 0.1) is 46.3 Å². The fourth-order valence-electron chi connectivity index (χ4n) is 9.57. The highest BCUT2D eigenvalue weighted by Crippen LogP contribution is 2.69. The van der Waals surface area contributed by atoms with Crippen molar-refractivity contribution in [3.63, 3.8) is 0 Å². The number of esters is 1. The zero-order valence-corrected chi connectivity index (χ0v) is 22.3. The SMILES string of the molecule is CC(=O)OCC(C)CCCC(C)C1CCC2C3CC(O)C4(O)CC(O)CCC4(C)C3CCC12C. The molecule has 0 aliphatic heterocycles. The summed E-state index contributed by atoms with van der Waals surface area (Å²) in [6.45, 7) is 11.4. The highest BCUT2D eigenvalue weighted by atomic mass is 16.5. The number of fused-ring (bicyclic) bond motifs is 5. The van der Waals surface area contributed by atoms with Crippen LogP contribution in [0.4, 0.5) is 0 Å². The average molecular weight is 479 g/mol. The van der Waals surface area contributed by atoms with Crippen molar-refractivity contribution in [3.8, 4) is 0 Å². The molecular weight excluding hydrogens is 428 g/mol. The Bertz CT molecular complexity index is 740. The van der Waals surface area contributed by atoms with Crippen LogP contribution < -0.4 is 0 Å². The Morgan fingerprint density at radius 3 is 2.47 bits per heavy atom. The number of rotatable bonds is 7. The van der Waals surface area contributed by atoms with Gasteiger partial charge in [0.1, 0.15) is 0 Å². The molecule has 11 atom stereocenters. The van der Waals surface area contributed by atoms with Crippen LogP contribution in [0.15, 0.2) is 0 Å². The molecule has 4 rings (SSSR count). The predicted molar refractivity (Wildman–Crippen MR) is 133 cm³/mol. The molecule has 0 aromatic carbocycles. The summed E-state index contributed by atoms with van der Waals surface area (Å²) in [5, 5.41) is 33.2. The Hall–Kier alpha value is -0.650. The van der Waals surface area contributed by atoms with E-state index in [9.17, 15) is 20.1 Å². The summed E-state index contributed by atoms with van der Waals surface area (Å²) in [6, 6.07) is 0. The van der Waals surface area contributed by atoms with Crippen molar-refractivity contribution in [2.24, 2.45) is 46.3 Å². The van der Waals surface area contributed by atoms with Gasteiger partial charge in [0.05, 0.1) is 24.4 Å². The third kappa shape index (κ3) is 4.36. The largest absolute Gasteiger partial charge is 0.466 e. The molecule has 4 saturated carbocycles. The summed E-state index contributed by atoms with van der Waals surface area (Å²) in [6.07, 6.45) is 9.76. The lowest BCUT2D eigenvalue weighted by atomic mass is 9.42. The van der Waals surface area contributed by atoms with E-state index in [1.165, 1.54) is 39.0 Å². The maximum Gasteiger partial charge on any atom is 0.302 e. The zero-order chi connectivity index (χ0) is 24.9. The second-order valence-corrected chi connectivity index (χ2v) is 13.4. The summed E-state index contributed by atoms with van der Waals surface area (Å²) in [5.74, 6) is 3.18. The normalized spacial score (nSPS) is 47.8. The molecule has 0 aromatic rings. The molecule has 0 amide bonds. The molecule has 3 N–H and O–H groups in total. The van der Waals surface area contributed by atoms with E-state index in [0.29, 0.717) is 54.5 Å². The molecule has 0 bridgehead atoms. The molecule has 0 aromatic heterocycles. The highest BCUT2D eigenvalue weighted by molar-refractivity contribution is 5.65. The van der Waals surface area contributed by atoms with Crippen LogP contribution in [0.5, 0.6) is 0 Å². The van der Waals surface area contributed by atoms with Crippen LogP contribution in [-0.2, 0) is 9.53 Å². The van der Waals surface area contributed by atoms with Crippen LogP contribution in [-0.4, -0.2) is 45.7 Å². The van der Waals surface area contributed by atoms with Gasteiger partial charge in [0.2, 0.25) is 0 Å². The van der Waals surface area contributed by atoms with Gasteiger partial charge < -0.3 is 20.1 Å². The van der Waals surface area contributed by atoms with Gasteiger partial charge >= 0.3 is 5.97 Å². The minimum atomic E-state index is -1.15. The molecule has 34 heavy (non-hydrogen) atoms. The van der Waals surface area contributed by atoms with E-state index in [-0.39, 0.29) is 11.4 Å². The molecule has 5 heteroatoms. The molecule has 4 fully saturated rings. The van der Waals surface area contributed by atoms with Gasteiger partial charge in [-0.2, -0.15) is 0 Å². The van der Waals surface area contributed by atoms with Gasteiger partial charge in [0, 0.05) is 18.8 Å². The van der Waals surface area contributed by atoms with E-state index in [4.69, 9.17) is 4.74 Å². The second kappa shape index (κ2) is 9.67. The Morgan fingerprint density at radius 2 is 1.76 bits per heavy atom. The molecule has 0 spiro atoms. The summed E-state index contributed by atoms with van der Waals surface area (Å²) in [4.78, 5) is 11.1. The average Bonchev–Trinajstić information content (AvgIpc) is 3.12. The molecule has 196 valence electrons. The molecule has 4 aliphatic rings. The number of hydrogen-bond donors (Lipinski definition) is 3. The van der Waals surface area contributed by atoms with Crippen molar-refractivity contribution >= 4 is 5.97 Å². The molecule has 11 unspecified atom stereocenters. The maximum absolute atomic E-state index is 11.6. The van der Waals surface area contributed by atoms with E-state index >= 15 is 0 Å². The number of aliphatic hydroxyl groups excluding tert-OH is 2. The van der Waals surface area contributed by atoms with Crippen molar-refractivity contribution < 1.29 is 24.9 Å². The molecule has 4 aliphatic carbocycles. The number of hydrogen-bond acceptors (Lipinski definition) is 5. The summed E-state index contributed by atoms with van der Waals surface area (Å²) < 4.78 is 5.17. The van der Waals surface area contributed by atoms with Crippen molar-refractivity contribution in [1.29, 1.82) is 0 Å². The van der Waals surface area contributed by atoms with Gasteiger partial charge in [-0.3, -0.25) is 4.79 Å². The Labute approximate surface area is 207 Å². The Balaban J connectivity index is 1.41. The molecule has 0 heterocycles. The topological polar surface area (TPSA) is 87.0 Å². The van der Waals surface area contributed by atoms with E-state index < -0.39 is 17.8 Å². The van der Waals surface area contributed by atoms with E-state index in [1.54, 1.807) is 0 Å². The third-order valence-electron chi connectivity index (χ3n) is 11.5. The van der Waals surface area contributed by atoms with E-state index in [0.717, 1.165) is 31.6 Å². The third-order valence-corrected chi connectivity index (χ3v) is 11.5. The van der Waals surface area contributed by atoms with Crippen LogP contribution in [0.25, 0.3) is 0 Å². The number of carbonyl (C=O) groups is 1. The Kier molecular flexibility index (Phi) is 7.51. The van der Waals surface area contributed by atoms with Gasteiger partial charge in [-0.15, -0.1) is 0 Å². The quantitative estimate of drug-likeness (QED) is 0.443. The standard InChI is InChI=1S/C29H50O5/c1-18(17-34-20(3)30)7-6-8-19(2)23-9-10-24-22-15-26(32)29(33)16-21(31)11-14-28(29,5)25(22)12-13-27(23,24)4/h18-19,21-26,31-33H,6-17H2,1-5H3. The van der Waals surface area contributed by atoms with Gasteiger partial charge in [-0.25, -0.2) is 0 Å². The van der Waals surface area contributed by atoms with Gasteiger partial charge in [0.25, 0.3) is 0 Å². The maximum atomic E-state index is 11.6. The summed E-state index contributed by atoms with van der Waals surface area (Å²) in [7, 11) is 0. The first-order chi connectivity index (χ1) is 15.9. The first-order valence-corrected chi connectivity index (χ1v) is 14.1. The molecular formula is C29H50O5. The van der Waals surface area contributed by atoms with E-state index in [1.807, 2.05) is 0 Å². The molecule has 5 nitrogen and oxygen atoms in total. The first-order valence-electron chi connectivity index (χ1n) is 14.1. The lowest BCUT2D eigenvalue weighted by Crippen LogP contribution is -2.68. The van der Waals surface area contributed by atoms with Crippen molar-refractivity contribution in [2.75, 3.05) is 6.61 Å². The first kappa shape index (κ1) is 26.4. The minimum Gasteiger partial charge on any atom is -0.466 e. The van der Waals surface area contributed by atoms with Gasteiger partial charge in [0.15, 0.2) is 0 Å². The lowest BCUT2D eigenvalue weighted by molar-refractivity contribution is -0.264. The lowest BCUT2D eigenvalue weighted by Gasteiger charge is -2.65. The van der Waals surface area contributed by atoms with Crippen molar-refractivity contribution in [1.82, 2.24) is 0 Å². The van der Waals surface area contributed by atoms with Crippen LogP contribution in [0.2, 0.25) is 0 Å². The second-order valence-electron chi connectivity index (χ2n) is 13.4. The van der Waals surface area contributed by atoms with Gasteiger partial charge in [-0.1, -0.05) is 40.5 Å². The van der Waals surface area contributed by atoms with Crippen molar-refractivity contribution in [2.45, 2.75) is 123 Å². The molecule has 0 radical (unpaired) electrons. The fraction of sp³-hybridized carbons (Fsp3) is 0.966. The number of carbonyl (C=O) groups excluding carboxylic acids is 1. The predicted octanol–water partition coefficient (Wildman–Crippen LogP) is 5.10. The number of aliphatic hydroxyl groups is 3. The molecule has 0 saturated heterocycles. The Morgan fingerprint density at radius 1 is 1.03 bits per heavy atom. The van der Waals surface area contributed by atoms with Gasteiger partial charge in [-0.05, 0) is 92.3 Å². The number of ether oxygens (including phenoxy) is 1. The fourth-order valence-corrected chi connectivity index (χ4v) is 9.57. The van der Waals surface area contributed by atoms with Crippen LogP contribution in [0.1, 0.15) is 105 Å².